The third-order valence-electron chi connectivity index (χ3n) is 4.97. The summed E-state index contributed by atoms with van der Waals surface area (Å²) in [6.45, 7) is 2.80. The Morgan fingerprint density at radius 1 is 1.18 bits per heavy atom. The third kappa shape index (κ3) is 3.48. The lowest BCUT2D eigenvalue weighted by Crippen LogP contribution is -2.42. The molecule has 1 N–H and O–H groups in total. The number of ketones is 1. The second-order valence-corrected chi connectivity index (χ2v) is 6.81. The van der Waals surface area contributed by atoms with Crippen LogP contribution in [0.1, 0.15) is 39.6 Å². The van der Waals surface area contributed by atoms with E-state index in [1.807, 2.05) is 30.3 Å². The molecule has 0 bridgehead atoms. The quantitative estimate of drug-likeness (QED) is 0.705. The Labute approximate surface area is 162 Å². The Hall–Kier alpha value is -3.19. The van der Waals surface area contributed by atoms with Crippen molar-refractivity contribution < 1.29 is 19.1 Å². The summed E-state index contributed by atoms with van der Waals surface area (Å²) in [6.07, 6.45) is -0.209. The second kappa shape index (κ2) is 7.44. The highest BCUT2D eigenvalue weighted by Crippen LogP contribution is 2.28. The summed E-state index contributed by atoms with van der Waals surface area (Å²) in [5.74, 6) is 0.456. The molecule has 0 unspecified atom stereocenters. The van der Waals surface area contributed by atoms with Gasteiger partial charge in [-0.1, -0.05) is 18.2 Å². The minimum atomic E-state index is -0.209. The van der Waals surface area contributed by atoms with E-state index >= 15 is 0 Å². The topological polar surface area (TPSA) is 84.5 Å². The molecule has 1 aliphatic rings. The monoisotopic (exact) mass is 379 g/mol. The van der Waals surface area contributed by atoms with Crippen LogP contribution >= 0.6 is 0 Å². The SMILES string of the molecule is COc1ccc2cc([C@@H]3CN(C(=O)c4cc(C(C)=O)n[nH]4)CCO3)ccc2c1. The van der Waals surface area contributed by atoms with E-state index in [0.717, 1.165) is 22.1 Å². The van der Waals surface area contributed by atoms with Crippen molar-refractivity contribution in [3.8, 4) is 5.75 Å². The van der Waals surface area contributed by atoms with Gasteiger partial charge in [0, 0.05) is 13.5 Å². The number of aromatic nitrogens is 2. The highest BCUT2D eigenvalue weighted by atomic mass is 16.5. The highest BCUT2D eigenvalue weighted by molar-refractivity contribution is 5.97. The number of ether oxygens (including phenoxy) is 2. The van der Waals surface area contributed by atoms with Gasteiger partial charge in [0.2, 0.25) is 0 Å². The number of rotatable bonds is 4. The molecule has 0 saturated carbocycles. The fourth-order valence-electron chi connectivity index (χ4n) is 3.39. The molecule has 1 aromatic heterocycles. The number of fused-ring (bicyclic) bond motifs is 1. The minimum Gasteiger partial charge on any atom is -0.497 e. The smallest absolute Gasteiger partial charge is 0.272 e. The maximum Gasteiger partial charge on any atom is 0.272 e. The average molecular weight is 379 g/mol. The van der Waals surface area contributed by atoms with Crippen LogP contribution in [0, 0.1) is 0 Å². The van der Waals surface area contributed by atoms with Gasteiger partial charge in [0.1, 0.15) is 23.2 Å². The molecule has 2 heterocycles. The van der Waals surface area contributed by atoms with Crippen LogP contribution in [0.2, 0.25) is 0 Å². The number of carbonyl (C=O) groups excluding carboxylic acids is 2. The van der Waals surface area contributed by atoms with Crippen LogP contribution in [-0.2, 0) is 4.74 Å². The first-order valence-corrected chi connectivity index (χ1v) is 9.10. The lowest BCUT2D eigenvalue weighted by molar-refractivity contribution is -0.0229. The van der Waals surface area contributed by atoms with Crippen molar-refractivity contribution in [2.45, 2.75) is 13.0 Å². The number of amides is 1. The molecule has 1 aliphatic heterocycles. The molecule has 1 saturated heterocycles. The van der Waals surface area contributed by atoms with E-state index in [1.54, 1.807) is 12.0 Å². The van der Waals surface area contributed by atoms with Crippen LogP contribution in [-0.4, -0.2) is 53.6 Å². The standard InChI is InChI=1S/C21H21N3O4/c1-13(25)18-11-19(23-22-18)21(26)24-7-8-28-20(12-24)16-4-3-15-10-17(27-2)6-5-14(15)9-16/h3-6,9-11,20H,7-8,12H2,1-2H3,(H,22,23)/t20-/m0/s1. The molecule has 28 heavy (non-hydrogen) atoms. The molecular formula is C21H21N3O4. The van der Waals surface area contributed by atoms with E-state index < -0.39 is 0 Å². The second-order valence-electron chi connectivity index (χ2n) is 6.81. The summed E-state index contributed by atoms with van der Waals surface area (Å²) in [4.78, 5) is 25.9. The number of carbonyl (C=O) groups is 2. The number of morpholine rings is 1. The van der Waals surface area contributed by atoms with E-state index in [9.17, 15) is 9.59 Å². The van der Waals surface area contributed by atoms with Crippen molar-refractivity contribution in [3.63, 3.8) is 0 Å². The molecule has 7 nitrogen and oxygen atoms in total. The molecule has 0 spiro atoms. The van der Waals surface area contributed by atoms with Gasteiger partial charge >= 0.3 is 0 Å². The molecule has 2 aromatic carbocycles. The van der Waals surface area contributed by atoms with E-state index in [2.05, 4.69) is 16.3 Å². The zero-order valence-electron chi connectivity index (χ0n) is 15.8. The molecule has 3 aromatic rings. The highest BCUT2D eigenvalue weighted by Gasteiger charge is 2.27. The summed E-state index contributed by atoms with van der Waals surface area (Å²) in [6, 6.07) is 13.6. The van der Waals surface area contributed by atoms with Crippen molar-refractivity contribution >= 4 is 22.5 Å². The van der Waals surface area contributed by atoms with Gasteiger partial charge in [0.25, 0.3) is 5.91 Å². The van der Waals surface area contributed by atoms with E-state index in [0.29, 0.717) is 25.4 Å². The Morgan fingerprint density at radius 3 is 2.71 bits per heavy atom. The number of aromatic amines is 1. The number of methoxy groups -OCH3 is 1. The molecule has 0 aliphatic carbocycles. The van der Waals surface area contributed by atoms with E-state index in [4.69, 9.17) is 9.47 Å². The van der Waals surface area contributed by atoms with E-state index in [1.165, 1.54) is 13.0 Å². The van der Waals surface area contributed by atoms with Crippen molar-refractivity contribution in [3.05, 3.63) is 59.4 Å². The number of hydrogen-bond donors (Lipinski definition) is 1. The summed E-state index contributed by atoms with van der Waals surface area (Å²) in [5.41, 5.74) is 1.60. The van der Waals surface area contributed by atoms with Gasteiger partial charge < -0.3 is 14.4 Å². The Balaban J connectivity index is 1.53. The fourth-order valence-corrected chi connectivity index (χ4v) is 3.39. The lowest BCUT2D eigenvalue weighted by atomic mass is 10.0. The predicted octanol–water partition coefficient (Wildman–Crippen LogP) is 2.99. The van der Waals surface area contributed by atoms with Crippen molar-refractivity contribution in [2.75, 3.05) is 26.8 Å². The number of H-pyrrole nitrogens is 1. The predicted molar refractivity (Wildman–Crippen MR) is 104 cm³/mol. The summed E-state index contributed by atoms with van der Waals surface area (Å²) in [7, 11) is 1.65. The van der Waals surface area contributed by atoms with Crippen LogP contribution < -0.4 is 4.74 Å². The Kier molecular flexibility index (Phi) is 4.83. The summed E-state index contributed by atoms with van der Waals surface area (Å²) >= 11 is 0. The maximum atomic E-state index is 12.8. The van der Waals surface area contributed by atoms with Crippen molar-refractivity contribution in [1.82, 2.24) is 15.1 Å². The maximum absolute atomic E-state index is 12.8. The number of nitrogens with one attached hydrogen (secondary N) is 1. The number of benzene rings is 2. The van der Waals surface area contributed by atoms with Gasteiger partial charge in [0.05, 0.1) is 20.3 Å². The molecule has 144 valence electrons. The fraction of sp³-hybridized carbons (Fsp3) is 0.286. The zero-order valence-corrected chi connectivity index (χ0v) is 15.8. The van der Waals surface area contributed by atoms with Crippen molar-refractivity contribution in [2.24, 2.45) is 0 Å². The normalized spacial score (nSPS) is 16.9. The first-order chi connectivity index (χ1) is 13.5. The molecule has 7 heteroatoms. The van der Waals surface area contributed by atoms with Crippen LogP contribution in [0.4, 0.5) is 0 Å². The lowest BCUT2D eigenvalue weighted by Gasteiger charge is -2.33. The Morgan fingerprint density at radius 2 is 1.96 bits per heavy atom. The summed E-state index contributed by atoms with van der Waals surface area (Å²) < 4.78 is 11.2. The van der Waals surface area contributed by atoms with Crippen LogP contribution in [0.5, 0.6) is 5.75 Å². The number of Topliss-reactive ketones (excluding diaryl/α,β-unsaturated/α-hetero) is 1. The minimum absolute atomic E-state index is 0.178. The van der Waals surface area contributed by atoms with Gasteiger partial charge in [-0.3, -0.25) is 14.7 Å². The molecule has 0 radical (unpaired) electrons. The van der Waals surface area contributed by atoms with Gasteiger partial charge in [0.15, 0.2) is 5.78 Å². The van der Waals surface area contributed by atoms with Crippen LogP contribution in [0.25, 0.3) is 10.8 Å². The Bertz CT molecular complexity index is 1040. The van der Waals surface area contributed by atoms with Crippen LogP contribution in [0.15, 0.2) is 42.5 Å². The van der Waals surface area contributed by atoms with Gasteiger partial charge in [-0.15, -0.1) is 0 Å². The molecule has 1 atom stereocenters. The van der Waals surface area contributed by atoms with Crippen LogP contribution in [0.3, 0.4) is 0 Å². The molecule has 1 fully saturated rings. The summed E-state index contributed by atoms with van der Waals surface area (Å²) in [5, 5.41) is 8.72. The van der Waals surface area contributed by atoms with E-state index in [-0.39, 0.29) is 23.5 Å². The van der Waals surface area contributed by atoms with Gasteiger partial charge in [-0.2, -0.15) is 5.10 Å². The number of hydrogen-bond acceptors (Lipinski definition) is 5. The first-order valence-electron chi connectivity index (χ1n) is 9.10. The van der Waals surface area contributed by atoms with Crippen molar-refractivity contribution in [1.29, 1.82) is 0 Å². The molecule has 4 rings (SSSR count). The number of nitrogens with zero attached hydrogens (tertiary/aromatic N) is 2. The zero-order chi connectivity index (χ0) is 19.7. The first kappa shape index (κ1) is 18.2. The average Bonchev–Trinajstić information content (AvgIpc) is 3.23. The molecular weight excluding hydrogens is 358 g/mol. The van der Waals surface area contributed by atoms with Gasteiger partial charge in [-0.25, -0.2) is 0 Å². The largest absolute Gasteiger partial charge is 0.497 e. The molecule has 1 amide bonds. The third-order valence-corrected chi connectivity index (χ3v) is 4.97. The van der Waals surface area contributed by atoms with Gasteiger partial charge in [-0.05, 0) is 40.6 Å².